The van der Waals surface area contributed by atoms with Crippen molar-refractivity contribution in [1.29, 1.82) is 0 Å². The van der Waals surface area contributed by atoms with Gasteiger partial charge in [0.25, 0.3) is 0 Å². The third kappa shape index (κ3) is 2.70. The summed E-state index contributed by atoms with van der Waals surface area (Å²) in [6, 6.07) is 11.1. The quantitative estimate of drug-likeness (QED) is 0.374. The normalized spacial score (nSPS) is 11.9. The van der Waals surface area contributed by atoms with Gasteiger partial charge in [-0.2, -0.15) is 0 Å². The average molecular weight is 365 g/mol. The number of rotatable bonds is 2. The Bertz CT molecular complexity index is 940. The Morgan fingerprint density at radius 2 is 1.18 bits per heavy atom. The molecule has 2 aromatic carbocycles. The molecule has 2 heterocycles. The molecule has 2 aromatic heterocycles. The van der Waals surface area contributed by atoms with Gasteiger partial charge < -0.3 is 0 Å². The number of azo groups is 1. The Morgan fingerprint density at radius 1 is 0.727 bits per heavy atom. The molecule has 0 aliphatic rings. The second-order valence-corrected chi connectivity index (χ2v) is 7.31. The van der Waals surface area contributed by atoms with Crippen LogP contribution in [0.1, 0.15) is 0 Å². The third-order valence-electron chi connectivity index (χ3n) is 2.90. The summed E-state index contributed by atoms with van der Waals surface area (Å²) >= 11 is 14.8. The number of fused-ring (bicyclic) bond motifs is 2. The van der Waals surface area contributed by atoms with Crippen molar-refractivity contribution in [2.45, 2.75) is 0 Å². The van der Waals surface area contributed by atoms with Crippen LogP contribution in [0.15, 0.2) is 46.6 Å². The summed E-state index contributed by atoms with van der Waals surface area (Å²) in [5.74, 6) is 0. The smallest absolute Gasteiger partial charge is 0.217 e. The summed E-state index contributed by atoms with van der Waals surface area (Å²) in [6.07, 6.45) is 0. The van der Waals surface area contributed by atoms with Crippen LogP contribution < -0.4 is 0 Å². The van der Waals surface area contributed by atoms with Crippen molar-refractivity contribution in [3.05, 3.63) is 46.4 Å². The first-order valence-corrected chi connectivity index (χ1v) is 8.60. The van der Waals surface area contributed by atoms with Gasteiger partial charge in [-0.15, -0.1) is 10.2 Å². The first-order valence-electron chi connectivity index (χ1n) is 6.21. The van der Waals surface area contributed by atoms with Gasteiger partial charge in [0, 0.05) is 10.0 Å². The van der Waals surface area contributed by atoms with Crippen LogP contribution in [0.3, 0.4) is 0 Å². The summed E-state index contributed by atoms with van der Waals surface area (Å²) < 4.78 is 1.97. The van der Waals surface area contributed by atoms with Crippen molar-refractivity contribution in [1.82, 2.24) is 9.97 Å². The van der Waals surface area contributed by atoms with Crippen LogP contribution in [0.4, 0.5) is 10.3 Å². The number of hydrogen-bond donors (Lipinski definition) is 0. The van der Waals surface area contributed by atoms with Crippen molar-refractivity contribution >= 4 is 76.6 Å². The molecule has 4 rings (SSSR count). The van der Waals surface area contributed by atoms with Gasteiger partial charge in [0.1, 0.15) is 0 Å². The summed E-state index contributed by atoms with van der Waals surface area (Å²) in [6.45, 7) is 0. The Kier molecular flexibility index (Phi) is 3.54. The monoisotopic (exact) mass is 364 g/mol. The van der Waals surface area contributed by atoms with Crippen molar-refractivity contribution in [3.8, 4) is 0 Å². The van der Waals surface area contributed by atoms with E-state index in [1.165, 1.54) is 22.7 Å². The molecule has 0 spiro atoms. The number of halogens is 2. The molecule has 4 aromatic rings. The zero-order valence-electron chi connectivity index (χ0n) is 10.8. The van der Waals surface area contributed by atoms with Crippen LogP contribution in [0.25, 0.3) is 20.4 Å². The largest absolute Gasteiger partial charge is 0.231 e. The average Bonchev–Trinajstić information content (AvgIpc) is 3.07. The highest BCUT2D eigenvalue weighted by Gasteiger charge is 2.06. The third-order valence-corrected chi connectivity index (χ3v) is 5.17. The molecular weight excluding hydrogens is 359 g/mol. The summed E-state index contributed by atoms with van der Waals surface area (Å²) in [7, 11) is 0. The van der Waals surface area contributed by atoms with Crippen LogP contribution in [0, 0.1) is 0 Å². The molecular formula is C14H6Cl2N4S2. The topological polar surface area (TPSA) is 50.5 Å². The van der Waals surface area contributed by atoms with Crippen molar-refractivity contribution in [2.75, 3.05) is 0 Å². The van der Waals surface area contributed by atoms with Gasteiger partial charge in [-0.25, -0.2) is 9.97 Å². The predicted molar refractivity (Wildman–Crippen MR) is 93.4 cm³/mol. The lowest BCUT2D eigenvalue weighted by atomic mass is 10.3. The SMILES string of the molecule is Clc1ccc2nc(N=Nc3nc4ccc(Cl)cc4s3)sc2c1. The van der Waals surface area contributed by atoms with Crippen LogP contribution in [-0.2, 0) is 0 Å². The fraction of sp³-hybridized carbons (Fsp3) is 0. The molecule has 0 fully saturated rings. The number of nitrogens with zero attached hydrogens (tertiary/aromatic N) is 4. The maximum absolute atomic E-state index is 5.96. The minimum atomic E-state index is 0.578. The van der Waals surface area contributed by atoms with E-state index in [9.17, 15) is 0 Å². The first-order chi connectivity index (χ1) is 10.7. The van der Waals surface area contributed by atoms with E-state index in [1.807, 2.05) is 36.4 Å². The van der Waals surface area contributed by atoms with Gasteiger partial charge in [-0.3, -0.25) is 0 Å². The van der Waals surface area contributed by atoms with E-state index in [0.717, 1.165) is 20.4 Å². The second-order valence-electron chi connectivity index (χ2n) is 4.42. The Labute approximate surface area is 143 Å². The molecule has 8 heteroatoms. The van der Waals surface area contributed by atoms with Gasteiger partial charge in [0.05, 0.1) is 20.4 Å². The van der Waals surface area contributed by atoms with Crippen LogP contribution in [-0.4, -0.2) is 9.97 Å². The van der Waals surface area contributed by atoms with Gasteiger partial charge in [-0.1, -0.05) is 45.9 Å². The lowest BCUT2D eigenvalue weighted by molar-refractivity contribution is 1.19. The van der Waals surface area contributed by atoms with Gasteiger partial charge in [0.15, 0.2) is 0 Å². The molecule has 0 amide bonds. The van der Waals surface area contributed by atoms with Gasteiger partial charge in [-0.05, 0) is 36.4 Å². The fourth-order valence-corrected chi connectivity index (χ4v) is 4.07. The maximum atomic E-state index is 5.96. The van der Waals surface area contributed by atoms with Gasteiger partial charge >= 0.3 is 0 Å². The standard InChI is InChI=1S/C14H6Cl2N4S2/c15-7-1-3-9-11(5-7)21-13(17-9)19-20-14-18-10-4-2-8(16)6-12(10)22-14/h1-6H. The van der Waals surface area contributed by atoms with E-state index in [4.69, 9.17) is 23.2 Å². The molecule has 0 aliphatic carbocycles. The zero-order valence-corrected chi connectivity index (χ0v) is 14.0. The van der Waals surface area contributed by atoms with Crippen molar-refractivity contribution in [2.24, 2.45) is 10.2 Å². The maximum Gasteiger partial charge on any atom is 0.231 e. The van der Waals surface area contributed by atoms with Crippen molar-refractivity contribution < 1.29 is 0 Å². The number of aromatic nitrogens is 2. The fourth-order valence-electron chi connectivity index (χ4n) is 1.94. The molecule has 0 aliphatic heterocycles. The molecule has 108 valence electrons. The molecule has 4 nitrogen and oxygen atoms in total. The van der Waals surface area contributed by atoms with Crippen molar-refractivity contribution in [3.63, 3.8) is 0 Å². The van der Waals surface area contributed by atoms with E-state index >= 15 is 0 Å². The molecule has 0 radical (unpaired) electrons. The van der Waals surface area contributed by atoms with E-state index in [1.54, 1.807) is 0 Å². The molecule has 0 atom stereocenters. The number of benzene rings is 2. The zero-order chi connectivity index (χ0) is 15.1. The second kappa shape index (κ2) is 5.55. The minimum absolute atomic E-state index is 0.578. The van der Waals surface area contributed by atoms with E-state index in [-0.39, 0.29) is 0 Å². The van der Waals surface area contributed by atoms with E-state index in [2.05, 4.69) is 20.2 Å². The number of thiazole rings is 2. The van der Waals surface area contributed by atoms with E-state index < -0.39 is 0 Å². The van der Waals surface area contributed by atoms with E-state index in [0.29, 0.717) is 20.3 Å². The first kappa shape index (κ1) is 14.0. The Hall–Kier alpha value is -1.60. The van der Waals surface area contributed by atoms with Crippen LogP contribution in [0.5, 0.6) is 0 Å². The molecule has 0 unspecified atom stereocenters. The van der Waals surface area contributed by atoms with Gasteiger partial charge in [0.2, 0.25) is 10.3 Å². The summed E-state index contributed by atoms with van der Waals surface area (Å²) in [4.78, 5) is 8.78. The lowest BCUT2D eigenvalue weighted by Crippen LogP contribution is -1.66. The number of hydrogen-bond acceptors (Lipinski definition) is 6. The summed E-state index contributed by atoms with van der Waals surface area (Å²) in [5.41, 5.74) is 1.72. The molecule has 0 saturated heterocycles. The lowest BCUT2D eigenvalue weighted by Gasteiger charge is -1.86. The highest BCUT2D eigenvalue weighted by Crippen LogP contribution is 2.33. The molecule has 0 bridgehead atoms. The Morgan fingerprint density at radius 3 is 1.64 bits per heavy atom. The predicted octanol–water partition coefficient (Wildman–Crippen LogP) is 6.63. The van der Waals surface area contributed by atoms with Crippen LogP contribution in [0.2, 0.25) is 10.0 Å². The highest BCUT2D eigenvalue weighted by atomic mass is 35.5. The summed E-state index contributed by atoms with van der Waals surface area (Å²) in [5, 5.41) is 10.9. The minimum Gasteiger partial charge on any atom is -0.217 e. The van der Waals surface area contributed by atoms with Crippen LogP contribution >= 0.6 is 45.9 Å². The molecule has 0 N–H and O–H groups in total. The molecule has 22 heavy (non-hydrogen) atoms. The molecule has 0 saturated carbocycles. The Balaban J connectivity index is 1.68. The highest BCUT2D eigenvalue weighted by molar-refractivity contribution is 7.22.